The number of ether oxygens (including phenoxy) is 3. The fourth-order valence-corrected chi connectivity index (χ4v) is 3.55. The molecule has 1 aromatic rings. The molecule has 2 fully saturated rings. The summed E-state index contributed by atoms with van der Waals surface area (Å²) in [5.74, 6) is 0.0269. The van der Waals surface area contributed by atoms with Gasteiger partial charge < -0.3 is 19.1 Å². The van der Waals surface area contributed by atoms with Gasteiger partial charge in [0.05, 0.1) is 13.3 Å². The van der Waals surface area contributed by atoms with Gasteiger partial charge >= 0.3 is 5.97 Å². The molecule has 6 nitrogen and oxygen atoms in total. The van der Waals surface area contributed by atoms with Crippen LogP contribution in [0.5, 0.6) is 0 Å². The maximum Gasteiger partial charge on any atom is 0.322 e. The topological polar surface area (TPSA) is 60.0 Å². The number of fused-ring (bicyclic) bond motifs is 3. The number of para-hydroxylation sites is 1. The molecule has 112 valence electrons. The first-order valence-electron chi connectivity index (χ1n) is 7.21. The molecular weight excluding hydrogens is 272 g/mol. The molecule has 1 aromatic carbocycles. The molecular formula is C15H18N2O4. The Hall–Kier alpha value is -1.63. The Morgan fingerprint density at radius 3 is 2.86 bits per heavy atom. The molecule has 0 spiro atoms. The van der Waals surface area contributed by atoms with E-state index < -0.39 is 0 Å². The maximum absolute atomic E-state index is 11.8. The first kappa shape index (κ1) is 13.1. The van der Waals surface area contributed by atoms with E-state index in [1.807, 2.05) is 19.1 Å². The molecule has 0 bridgehead atoms. The highest BCUT2D eigenvalue weighted by atomic mass is 16.9. The summed E-state index contributed by atoms with van der Waals surface area (Å²) in [6, 6.07) is 7.93. The molecule has 2 saturated heterocycles. The van der Waals surface area contributed by atoms with Crippen molar-refractivity contribution in [1.29, 1.82) is 0 Å². The lowest BCUT2D eigenvalue weighted by Gasteiger charge is -2.43. The van der Waals surface area contributed by atoms with Crippen molar-refractivity contribution in [3.05, 3.63) is 29.8 Å². The van der Waals surface area contributed by atoms with Gasteiger partial charge in [-0.2, -0.15) is 0 Å². The van der Waals surface area contributed by atoms with Crippen LogP contribution < -0.4 is 10.2 Å². The van der Waals surface area contributed by atoms with Gasteiger partial charge in [-0.3, -0.25) is 10.1 Å². The molecule has 0 unspecified atom stereocenters. The van der Waals surface area contributed by atoms with Gasteiger partial charge in [0, 0.05) is 11.6 Å². The van der Waals surface area contributed by atoms with Crippen molar-refractivity contribution in [2.24, 2.45) is 0 Å². The predicted octanol–water partition coefficient (Wildman–Crippen LogP) is 1.13. The molecule has 0 radical (unpaired) electrons. The first-order valence-corrected chi connectivity index (χ1v) is 7.21. The average Bonchev–Trinajstić information content (AvgIpc) is 3.00. The van der Waals surface area contributed by atoms with E-state index in [1.165, 1.54) is 12.7 Å². The smallest absolute Gasteiger partial charge is 0.322 e. The molecule has 3 aliphatic rings. The van der Waals surface area contributed by atoms with E-state index in [4.69, 9.17) is 14.2 Å². The average molecular weight is 290 g/mol. The van der Waals surface area contributed by atoms with Crippen molar-refractivity contribution in [3.63, 3.8) is 0 Å². The van der Waals surface area contributed by atoms with E-state index in [2.05, 4.69) is 22.3 Å². The number of anilines is 1. The van der Waals surface area contributed by atoms with Crippen LogP contribution in [-0.2, 0) is 19.0 Å². The van der Waals surface area contributed by atoms with Gasteiger partial charge in [0.1, 0.15) is 6.04 Å². The summed E-state index contributed by atoms with van der Waals surface area (Å²) in [7, 11) is 1.42. The second kappa shape index (κ2) is 4.69. The standard InChI is InChI=1S/C15H18N2O4/c1-8-20-15(21-8)17-12-6-4-3-5-9(12)10-7-11(14(18)19-2)16-13(10)17/h3-6,8,10-11,13,15-16H,7H2,1-2H3/t8?,10-,11+,13+,15?/m1/s1. The molecule has 4 rings (SSSR count). The number of hydrogen-bond acceptors (Lipinski definition) is 6. The highest BCUT2D eigenvalue weighted by molar-refractivity contribution is 5.77. The van der Waals surface area contributed by atoms with Crippen LogP contribution in [0, 0.1) is 0 Å². The van der Waals surface area contributed by atoms with Crippen molar-refractivity contribution in [1.82, 2.24) is 5.32 Å². The van der Waals surface area contributed by atoms with E-state index in [1.54, 1.807) is 0 Å². The van der Waals surface area contributed by atoms with Crippen LogP contribution in [0.4, 0.5) is 5.69 Å². The second-order valence-corrected chi connectivity index (χ2v) is 5.64. The van der Waals surface area contributed by atoms with Crippen molar-refractivity contribution in [2.45, 2.75) is 44.2 Å². The minimum Gasteiger partial charge on any atom is -0.468 e. The van der Waals surface area contributed by atoms with Gasteiger partial charge in [-0.05, 0) is 25.0 Å². The minimum atomic E-state index is -0.389. The largest absolute Gasteiger partial charge is 0.468 e. The molecule has 3 aliphatic heterocycles. The van der Waals surface area contributed by atoms with Crippen molar-refractivity contribution in [2.75, 3.05) is 12.0 Å². The summed E-state index contributed by atoms with van der Waals surface area (Å²) in [4.78, 5) is 13.9. The zero-order valence-corrected chi connectivity index (χ0v) is 12.0. The van der Waals surface area contributed by atoms with Crippen molar-refractivity contribution >= 4 is 11.7 Å². The van der Waals surface area contributed by atoms with Crippen LogP contribution in [0.25, 0.3) is 0 Å². The number of rotatable bonds is 2. The van der Waals surface area contributed by atoms with Crippen LogP contribution in [0.2, 0.25) is 0 Å². The van der Waals surface area contributed by atoms with Gasteiger partial charge in [0.2, 0.25) is 6.41 Å². The number of benzene rings is 1. The molecule has 0 saturated carbocycles. The maximum atomic E-state index is 11.8. The number of carbonyl (C=O) groups excluding carboxylic acids is 1. The highest BCUT2D eigenvalue weighted by Gasteiger charge is 2.51. The Morgan fingerprint density at radius 1 is 1.38 bits per heavy atom. The molecule has 0 aromatic heterocycles. The van der Waals surface area contributed by atoms with Gasteiger partial charge in [-0.25, -0.2) is 0 Å². The van der Waals surface area contributed by atoms with Crippen molar-refractivity contribution < 1.29 is 19.0 Å². The number of hydrogen-bond donors (Lipinski definition) is 1. The fourth-order valence-electron chi connectivity index (χ4n) is 3.55. The van der Waals surface area contributed by atoms with E-state index in [-0.39, 0.29) is 36.8 Å². The molecule has 3 atom stereocenters. The van der Waals surface area contributed by atoms with Crippen LogP contribution >= 0.6 is 0 Å². The summed E-state index contributed by atoms with van der Waals surface area (Å²) < 4.78 is 16.2. The van der Waals surface area contributed by atoms with Crippen LogP contribution in [0.15, 0.2) is 24.3 Å². The Morgan fingerprint density at radius 2 is 2.14 bits per heavy atom. The number of esters is 1. The van der Waals surface area contributed by atoms with Crippen LogP contribution in [0.1, 0.15) is 24.8 Å². The Bertz CT molecular complexity index is 573. The third-order valence-electron chi connectivity index (χ3n) is 4.49. The molecule has 1 N–H and O–H groups in total. The van der Waals surface area contributed by atoms with E-state index >= 15 is 0 Å². The lowest BCUT2D eigenvalue weighted by atomic mass is 9.96. The Balaban J connectivity index is 1.66. The SMILES string of the molecule is COC(=O)[C@@H]1C[C@@H]2c3ccccc3N(C3OC(C)O3)[C@@H]2N1. The lowest BCUT2D eigenvalue weighted by Crippen LogP contribution is -2.58. The zero-order chi connectivity index (χ0) is 14.6. The quantitative estimate of drug-likeness (QED) is 0.824. The summed E-state index contributed by atoms with van der Waals surface area (Å²) >= 11 is 0. The fraction of sp³-hybridized carbons (Fsp3) is 0.533. The van der Waals surface area contributed by atoms with E-state index in [0.29, 0.717) is 0 Å². The summed E-state index contributed by atoms with van der Waals surface area (Å²) in [6.45, 7) is 1.87. The summed E-state index contributed by atoms with van der Waals surface area (Å²) in [6.07, 6.45) is 0.163. The summed E-state index contributed by atoms with van der Waals surface area (Å²) in [5.41, 5.74) is 2.34. The minimum absolute atomic E-state index is 0.00370. The molecule has 21 heavy (non-hydrogen) atoms. The molecule has 6 heteroatoms. The normalized spacial score (nSPS) is 36.9. The second-order valence-electron chi connectivity index (χ2n) is 5.64. The van der Waals surface area contributed by atoms with E-state index in [9.17, 15) is 4.79 Å². The van der Waals surface area contributed by atoms with Crippen molar-refractivity contribution in [3.8, 4) is 0 Å². The third kappa shape index (κ3) is 1.87. The number of nitrogens with zero attached hydrogens (tertiary/aromatic N) is 1. The highest BCUT2D eigenvalue weighted by Crippen LogP contribution is 2.48. The number of nitrogens with one attached hydrogen (secondary N) is 1. The zero-order valence-electron chi connectivity index (χ0n) is 12.0. The predicted molar refractivity (Wildman–Crippen MR) is 74.4 cm³/mol. The monoisotopic (exact) mass is 290 g/mol. The number of carbonyl (C=O) groups is 1. The molecule has 0 amide bonds. The first-order chi connectivity index (χ1) is 10.2. The van der Waals surface area contributed by atoms with Crippen LogP contribution in [-0.4, -0.2) is 38.0 Å². The van der Waals surface area contributed by atoms with Crippen LogP contribution in [0.3, 0.4) is 0 Å². The Kier molecular flexibility index (Phi) is 2.92. The van der Waals surface area contributed by atoms with Gasteiger partial charge in [-0.15, -0.1) is 0 Å². The lowest BCUT2D eigenvalue weighted by molar-refractivity contribution is -0.376. The molecule has 0 aliphatic carbocycles. The van der Waals surface area contributed by atoms with Gasteiger partial charge in [0.25, 0.3) is 0 Å². The van der Waals surface area contributed by atoms with E-state index in [0.717, 1.165) is 12.1 Å². The Labute approximate surface area is 123 Å². The van der Waals surface area contributed by atoms with Gasteiger partial charge in [-0.1, -0.05) is 18.2 Å². The summed E-state index contributed by atoms with van der Waals surface area (Å²) in [5, 5.41) is 3.36. The third-order valence-corrected chi connectivity index (χ3v) is 4.49. The molecule has 3 heterocycles. The van der Waals surface area contributed by atoms with Gasteiger partial charge in [0.15, 0.2) is 6.29 Å². The number of methoxy groups -OCH3 is 1.